The van der Waals surface area contributed by atoms with Crippen LogP contribution < -0.4 is 5.69 Å². The molecular formula is C6H10BN3O. The van der Waals surface area contributed by atoms with Gasteiger partial charge in [-0.2, -0.15) is 5.10 Å². The van der Waals surface area contributed by atoms with Crippen LogP contribution in [0.15, 0.2) is 4.79 Å². The largest absolute Gasteiger partial charge is 0.344 e. The van der Waals surface area contributed by atoms with Gasteiger partial charge >= 0.3 is 5.69 Å². The smallest absolute Gasteiger partial charge is 0.282 e. The van der Waals surface area contributed by atoms with Crippen LogP contribution in [0.1, 0.15) is 12.7 Å². The van der Waals surface area contributed by atoms with E-state index in [4.69, 9.17) is 7.85 Å². The van der Waals surface area contributed by atoms with Crippen molar-refractivity contribution in [3.05, 3.63) is 16.3 Å². The molecule has 5 heteroatoms. The van der Waals surface area contributed by atoms with Crippen molar-refractivity contribution >= 4 is 7.85 Å². The van der Waals surface area contributed by atoms with Crippen molar-refractivity contribution in [2.45, 2.75) is 19.8 Å². The fraction of sp³-hybridized carbons (Fsp3) is 0.667. The summed E-state index contributed by atoms with van der Waals surface area (Å²) in [6.07, 6.45) is 0.894. The van der Waals surface area contributed by atoms with Gasteiger partial charge in [0.1, 0.15) is 5.82 Å². The quantitative estimate of drug-likeness (QED) is 0.522. The maximum atomic E-state index is 11.2. The first-order chi connectivity index (χ1) is 5.20. The molecule has 0 aliphatic carbocycles. The van der Waals surface area contributed by atoms with Crippen LogP contribution in [0.25, 0.3) is 0 Å². The van der Waals surface area contributed by atoms with E-state index in [9.17, 15) is 4.79 Å². The Hall–Kier alpha value is -0.995. The molecule has 0 saturated carbocycles. The molecule has 0 unspecified atom stereocenters. The Balaban J connectivity index is 3.23. The lowest BCUT2D eigenvalue weighted by Gasteiger charge is -1.89. The van der Waals surface area contributed by atoms with Gasteiger partial charge in [-0.25, -0.2) is 9.48 Å². The third-order valence-electron chi connectivity index (χ3n) is 1.62. The van der Waals surface area contributed by atoms with E-state index >= 15 is 0 Å². The molecule has 0 spiro atoms. The molecule has 11 heavy (non-hydrogen) atoms. The summed E-state index contributed by atoms with van der Waals surface area (Å²) in [7, 11) is 6.97. The van der Waals surface area contributed by atoms with E-state index in [1.165, 1.54) is 9.25 Å². The van der Waals surface area contributed by atoms with Gasteiger partial charge < -0.3 is 0 Å². The van der Waals surface area contributed by atoms with E-state index in [0.29, 0.717) is 0 Å². The van der Waals surface area contributed by atoms with Gasteiger partial charge in [-0.3, -0.25) is 4.57 Å². The zero-order valence-corrected chi connectivity index (χ0v) is 6.74. The van der Waals surface area contributed by atoms with Crippen molar-refractivity contribution in [2.24, 2.45) is 7.05 Å². The molecule has 1 aromatic heterocycles. The molecule has 0 N–H and O–H groups in total. The van der Waals surface area contributed by atoms with Crippen molar-refractivity contribution in [1.29, 1.82) is 0 Å². The molecule has 1 rings (SSSR count). The highest BCUT2D eigenvalue weighted by Crippen LogP contribution is 1.88. The zero-order valence-electron chi connectivity index (χ0n) is 6.74. The standard InChI is InChI=1S/C6H10BN3O/c1-3-5-8-10(4-7)6(11)9(5)2/h3-4H2,1-2H3. The Morgan fingerprint density at radius 3 is 2.55 bits per heavy atom. The van der Waals surface area contributed by atoms with E-state index in [1.54, 1.807) is 7.05 Å². The van der Waals surface area contributed by atoms with Crippen molar-refractivity contribution in [3.63, 3.8) is 0 Å². The van der Waals surface area contributed by atoms with Crippen LogP contribution in [-0.2, 0) is 19.9 Å². The Morgan fingerprint density at radius 1 is 1.64 bits per heavy atom. The Morgan fingerprint density at radius 2 is 2.27 bits per heavy atom. The molecule has 0 saturated heterocycles. The normalized spacial score (nSPS) is 10.4. The fourth-order valence-electron chi connectivity index (χ4n) is 0.960. The molecule has 0 aliphatic heterocycles. The second-order valence-corrected chi connectivity index (χ2v) is 2.29. The number of aromatic nitrogens is 3. The zero-order chi connectivity index (χ0) is 8.43. The fourth-order valence-corrected chi connectivity index (χ4v) is 0.960. The summed E-state index contributed by atoms with van der Waals surface area (Å²) in [5.41, 5.74) is -0.149. The summed E-state index contributed by atoms with van der Waals surface area (Å²) >= 11 is 0. The molecule has 0 aromatic carbocycles. The average molecular weight is 151 g/mol. The van der Waals surface area contributed by atoms with Crippen molar-refractivity contribution < 1.29 is 0 Å². The molecule has 0 atom stereocenters. The van der Waals surface area contributed by atoms with E-state index in [2.05, 4.69) is 5.10 Å². The van der Waals surface area contributed by atoms with Crippen LogP contribution in [0.2, 0.25) is 0 Å². The van der Waals surface area contributed by atoms with E-state index in [-0.39, 0.29) is 12.1 Å². The highest BCUT2D eigenvalue weighted by molar-refractivity contribution is 6.06. The lowest BCUT2D eigenvalue weighted by molar-refractivity contribution is 0.692. The molecule has 58 valence electrons. The first kappa shape index (κ1) is 8.10. The van der Waals surface area contributed by atoms with Crippen LogP contribution in [-0.4, -0.2) is 22.2 Å². The van der Waals surface area contributed by atoms with E-state index in [1.807, 2.05) is 6.92 Å². The predicted octanol–water partition coefficient (Wildman–Crippen LogP) is -0.730. The summed E-state index contributed by atoms with van der Waals surface area (Å²) in [5.74, 6) is 0.764. The third kappa shape index (κ3) is 1.22. The second-order valence-electron chi connectivity index (χ2n) is 2.29. The lowest BCUT2D eigenvalue weighted by Crippen LogP contribution is -2.23. The Bertz CT molecular complexity index is 301. The molecule has 1 aromatic rings. The summed E-state index contributed by atoms with van der Waals surface area (Å²) in [6, 6.07) is 0. The van der Waals surface area contributed by atoms with Crippen LogP contribution in [0.3, 0.4) is 0 Å². The SMILES string of the molecule is [B]Cn1nc(CC)n(C)c1=O. The number of hydrogen-bond acceptors (Lipinski definition) is 2. The van der Waals surface area contributed by atoms with Crippen molar-refractivity contribution in [2.75, 3.05) is 0 Å². The van der Waals surface area contributed by atoms with Gasteiger partial charge in [0.25, 0.3) is 0 Å². The van der Waals surface area contributed by atoms with Crippen molar-refractivity contribution in [1.82, 2.24) is 14.3 Å². The van der Waals surface area contributed by atoms with Crippen molar-refractivity contribution in [3.8, 4) is 0 Å². The van der Waals surface area contributed by atoms with Crippen LogP contribution >= 0.6 is 0 Å². The molecule has 2 radical (unpaired) electrons. The summed E-state index contributed by atoms with van der Waals surface area (Å²) in [6.45, 7) is 1.95. The maximum absolute atomic E-state index is 11.2. The summed E-state index contributed by atoms with van der Waals surface area (Å²) in [5, 5.41) is 3.99. The second kappa shape index (κ2) is 2.94. The highest BCUT2D eigenvalue weighted by atomic mass is 16.2. The Labute approximate surface area is 66.2 Å². The molecule has 0 amide bonds. The summed E-state index contributed by atoms with van der Waals surface area (Å²) < 4.78 is 2.76. The molecule has 4 nitrogen and oxygen atoms in total. The highest BCUT2D eigenvalue weighted by Gasteiger charge is 2.04. The minimum absolute atomic E-state index is 0.146. The van der Waals surface area contributed by atoms with Gasteiger partial charge in [0.05, 0.1) is 7.85 Å². The van der Waals surface area contributed by atoms with Gasteiger partial charge in [-0.05, 0) is 0 Å². The van der Waals surface area contributed by atoms with E-state index in [0.717, 1.165) is 12.2 Å². The van der Waals surface area contributed by atoms with Gasteiger partial charge in [0.15, 0.2) is 0 Å². The van der Waals surface area contributed by atoms with Crippen LogP contribution in [0.5, 0.6) is 0 Å². The molecule has 1 heterocycles. The molecule has 0 aliphatic rings. The van der Waals surface area contributed by atoms with Crippen LogP contribution in [0.4, 0.5) is 0 Å². The minimum Gasteiger partial charge on any atom is -0.282 e. The van der Waals surface area contributed by atoms with Gasteiger partial charge in [0, 0.05) is 19.9 Å². The topological polar surface area (TPSA) is 39.8 Å². The first-order valence-electron chi connectivity index (χ1n) is 3.53. The first-order valence-corrected chi connectivity index (χ1v) is 3.53. The third-order valence-corrected chi connectivity index (χ3v) is 1.62. The maximum Gasteiger partial charge on any atom is 0.344 e. The summed E-state index contributed by atoms with van der Waals surface area (Å²) in [4.78, 5) is 11.2. The van der Waals surface area contributed by atoms with E-state index < -0.39 is 0 Å². The monoisotopic (exact) mass is 151 g/mol. The number of nitrogens with zero attached hydrogens (tertiary/aromatic N) is 3. The predicted molar refractivity (Wildman–Crippen MR) is 42.6 cm³/mol. The molecule has 0 fully saturated rings. The minimum atomic E-state index is -0.149. The molecule has 0 bridgehead atoms. The van der Waals surface area contributed by atoms with Gasteiger partial charge in [-0.1, -0.05) is 6.92 Å². The van der Waals surface area contributed by atoms with Gasteiger partial charge in [0.2, 0.25) is 0 Å². The Kier molecular flexibility index (Phi) is 2.17. The lowest BCUT2D eigenvalue weighted by atomic mass is 10.2. The molecular weight excluding hydrogens is 141 g/mol. The van der Waals surface area contributed by atoms with Gasteiger partial charge in [-0.15, -0.1) is 0 Å². The number of aryl methyl sites for hydroxylation is 1. The number of hydrogen-bond donors (Lipinski definition) is 0. The van der Waals surface area contributed by atoms with Crippen LogP contribution in [0, 0.1) is 0 Å². The number of rotatable bonds is 2. The average Bonchev–Trinajstić information content (AvgIpc) is 2.30.